The topological polar surface area (TPSA) is 63.3 Å². The van der Waals surface area contributed by atoms with E-state index in [1.165, 1.54) is 12.3 Å². The van der Waals surface area contributed by atoms with E-state index in [-0.39, 0.29) is 5.11 Å². The molecule has 0 amide bonds. The van der Waals surface area contributed by atoms with Crippen molar-refractivity contribution in [1.82, 2.24) is 10.4 Å². The third-order valence-corrected chi connectivity index (χ3v) is 2.19. The number of nitrogens with one attached hydrogen (secondary N) is 1. The first kappa shape index (κ1) is 11.4. The quantitative estimate of drug-likeness (QED) is 0.366. The minimum absolute atomic E-state index is 0.0435. The molecule has 3 N–H and O–H groups in total. The maximum absolute atomic E-state index is 13.2. The largest absolute Gasteiger partial charge is 0.375 e. The van der Waals surface area contributed by atoms with E-state index < -0.39 is 5.95 Å². The Morgan fingerprint density at radius 3 is 3.00 bits per heavy atom. The van der Waals surface area contributed by atoms with Gasteiger partial charge in [0.15, 0.2) is 5.11 Å². The molecule has 86 valence electrons. The van der Waals surface area contributed by atoms with Gasteiger partial charge in [-0.25, -0.2) is 4.98 Å². The molecule has 1 heterocycles. The van der Waals surface area contributed by atoms with Crippen LogP contribution in [0.15, 0.2) is 35.4 Å². The Morgan fingerprint density at radius 2 is 2.24 bits per heavy atom. The molecule has 1 aromatic heterocycles. The number of nitrogens with zero attached hydrogens (tertiary/aromatic N) is 2. The SMILES string of the molecule is NC(=S)N/N=C/c1nc(F)cc2ccccc12. The number of pyridine rings is 1. The molecule has 0 aliphatic rings. The van der Waals surface area contributed by atoms with Crippen LogP contribution in [0.5, 0.6) is 0 Å². The van der Waals surface area contributed by atoms with E-state index >= 15 is 0 Å². The molecule has 17 heavy (non-hydrogen) atoms. The van der Waals surface area contributed by atoms with Gasteiger partial charge in [-0.15, -0.1) is 0 Å². The van der Waals surface area contributed by atoms with Gasteiger partial charge in [0, 0.05) is 11.5 Å². The van der Waals surface area contributed by atoms with Crippen molar-refractivity contribution < 1.29 is 4.39 Å². The maximum atomic E-state index is 13.2. The number of thiocarbonyl (C=S) groups is 1. The summed E-state index contributed by atoms with van der Waals surface area (Å²) in [6.07, 6.45) is 1.38. The van der Waals surface area contributed by atoms with Crippen LogP contribution in [-0.4, -0.2) is 16.3 Å². The zero-order chi connectivity index (χ0) is 12.3. The summed E-state index contributed by atoms with van der Waals surface area (Å²) in [5, 5.41) is 5.37. The number of benzene rings is 1. The number of hydrazone groups is 1. The summed E-state index contributed by atoms with van der Waals surface area (Å²) in [6.45, 7) is 0. The van der Waals surface area contributed by atoms with Gasteiger partial charge in [0.1, 0.15) is 0 Å². The van der Waals surface area contributed by atoms with Gasteiger partial charge in [-0.1, -0.05) is 24.3 Å². The maximum Gasteiger partial charge on any atom is 0.214 e. The molecule has 2 aromatic rings. The molecule has 0 spiro atoms. The van der Waals surface area contributed by atoms with Crippen molar-refractivity contribution in [3.8, 4) is 0 Å². The van der Waals surface area contributed by atoms with Crippen molar-refractivity contribution in [2.45, 2.75) is 0 Å². The van der Waals surface area contributed by atoms with E-state index in [2.05, 4.69) is 27.7 Å². The number of aromatic nitrogens is 1. The van der Waals surface area contributed by atoms with Crippen molar-refractivity contribution in [3.05, 3.63) is 42.0 Å². The van der Waals surface area contributed by atoms with Crippen LogP contribution in [0.4, 0.5) is 4.39 Å². The van der Waals surface area contributed by atoms with Crippen molar-refractivity contribution in [1.29, 1.82) is 0 Å². The van der Waals surface area contributed by atoms with E-state index in [0.717, 1.165) is 10.8 Å². The number of hydrogen-bond donors (Lipinski definition) is 2. The van der Waals surface area contributed by atoms with Crippen LogP contribution in [0.1, 0.15) is 5.69 Å². The van der Waals surface area contributed by atoms with Crippen LogP contribution < -0.4 is 11.2 Å². The smallest absolute Gasteiger partial charge is 0.214 e. The number of rotatable bonds is 2. The zero-order valence-electron chi connectivity index (χ0n) is 8.72. The minimum atomic E-state index is -0.555. The van der Waals surface area contributed by atoms with E-state index in [9.17, 15) is 4.39 Å². The fourth-order valence-electron chi connectivity index (χ4n) is 1.45. The van der Waals surface area contributed by atoms with Gasteiger partial charge in [0.05, 0.1) is 11.9 Å². The van der Waals surface area contributed by atoms with Gasteiger partial charge in [-0.3, -0.25) is 5.43 Å². The Kier molecular flexibility index (Phi) is 3.24. The molecule has 1 aromatic carbocycles. The van der Waals surface area contributed by atoms with Gasteiger partial charge >= 0.3 is 0 Å². The Bertz CT molecular complexity index is 597. The number of hydrogen-bond acceptors (Lipinski definition) is 3. The highest BCUT2D eigenvalue weighted by Crippen LogP contribution is 2.16. The number of fused-ring (bicyclic) bond motifs is 1. The van der Waals surface area contributed by atoms with Crippen molar-refractivity contribution in [2.24, 2.45) is 10.8 Å². The molecule has 6 heteroatoms. The normalized spacial score (nSPS) is 10.9. The second-order valence-corrected chi connectivity index (χ2v) is 3.73. The molecule has 0 saturated heterocycles. The molecular weight excluding hydrogens is 239 g/mol. The monoisotopic (exact) mass is 248 g/mol. The standard InChI is InChI=1S/C11H9FN4S/c12-10-5-7-3-1-2-4-8(7)9(15-10)6-14-16-11(13)17/h1-6H,(H3,13,16,17)/b14-6+. The van der Waals surface area contributed by atoms with E-state index in [4.69, 9.17) is 5.73 Å². The first-order valence-electron chi connectivity index (χ1n) is 4.80. The summed E-state index contributed by atoms with van der Waals surface area (Å²) in [5.74, 6) is -0.555. The summed E-state index contributed by atoms with van der Waals surface area (Å²) in [5.41, 5.74) is 8.03. The Hall–Kier alpha value is -2.08. The number of nitrogens with two attached hydrogens (primary N) is 1. The van der Waals surface area contributed by atoms with Crippen molar-refractivity contribution in [2.75, 3.05) is 0 Å². The summed E-state index contributed by atoms with van der Waals surface area (Å²) in [7, 11) is 0. The van der Waals surface area contributed by atoms with Gasteiger partial charge in [-0.2, -0.15) is 9.49 Å². The first-order valence-corrected chi connectivity index (χ1v) is 5.21. The molecule has 0 unspecified atom stereocenters. The molecule has 4 nitrogen and oxygen atoms in total. The second-order valence-electron chi connectivity index (χ2n) is 3.29. The molecule has 0 aliphatic carbocycles. The average Bonchev–Trinajstić information content (AvgIpc) is 2.28. The van der Waals surface area contributed by atoms with Crippen LogP contribution in [-0.2, 0) is 0 Å². The Morgan fingerprint density at radius 1 is 1.47 bits per heavy atom. The summed E-state index contributed by atoms with van der Waals surface area (Å²) < 4.78 is 13.2. The molecule has 0 fully saturated rings. The van der Waals surface area contributed by atoms with Crippen LogP contribution in [0.2, 0.25) is 0 Å². The zero-order valence-corrected chi connectivity index (χ0v) is 9.54. The fourth-order valence-corrected chi connectivity index (χ4v) is 1.50. The van der Waals surface area contributed by atoms with Gasteiger partial charge in [-0.05, 0) is 17.6 Å². The molecule has 2 rings (SSSR count). The third-order valence-electron chi connectivity index (χ3n) is 2.10. The first-order chi connectivity index (χ1) is 8.16. The Labute approximate surface area is 102 Å². The molecule has 0 bridgehead atoms. The second kappa shape index (κ2) is 4.84. The van der Waals surface area contributed by atoms with Crippen LogP contribution in [0.3, 0.4) is 0 Å². The Balaban J connectivity index is 2.45. The average molecular weight is 248 g/mol. The third kappa shape index (κ3) is 2.73. The van der Waals surface area contributed by atoms with Crippen LogP contribution in [0.25, 0.3) is 10.8 Å². The lowest BCUT2D eigenvalue weighted by Crippen LogP contribution is -2.24. The lowest BCUT2D eigenvalue weighted by Gasteiger charge is -2.01. The predicted octanol–water partition coefficient (Wildman–Crippen LogP) is 1.54. The fraction of sp³-hybridized carbons (Fsp3) is 0. The lowest BCUT2D eigenvalue weighted by molar-refractivity contribution is 0.585. The minimum Gasteiger partial charge on any atom is -0.375 e. The number of halogens is 1. The van der Waals surface area contributed by atoms with Gasteiger partial charge < -0.3 is 5.73 Å². The summed E-state index contributed by atoms with van der Waals surface area (Å²) in [4.78, 5) is 3.76. The highest BCUT2D eigenvalue weighted by molar-refractivity contribution is 7.80. The highest BCUT2D eigenvalue weighted by atomic mass is 32.1. The van der Waals surface area contributed by atoms with Crippen molar-refractivity contribution in [3.63, 3.8) is 0 Å². The molecule has 0 aliphatic heterocycles. The molecular formula is C11H9FN4S. The molecule has 0 saturated carbocycles. The van der Waals surface area contributed by atoms with Crippen LogP contribution in [0, 0.1) is 5.95 Å². The van der Waals surface area contributed by atoms with Gasteiger partial charge in [0.25, 0.3) is 0 Å². The van der Waals surface area contributed by atoms with E-state index in [0.29, 0.717) is 5.69 Å². The predicted molar refractivity (Wildman–Crippen MR) is 69.2 cm³/mol. The summed E-state index contributed by atoms with van der Waals surface area (Å²) >= 11 is 4.59. The summed E-state index contributed by atoms with van der Waals surface area (Å²) in [6, 6.07) is 8.69. The van der Waals surface area contributed by atoms with Gasteiger partial charge in [0.2, 0.25) is 5.95 Å². The molecule has 0 atom stereocenters. The molecule has 0 radical (unpaired) electrons. The van der Waals surface area contributed by atoms with Crippen LogP contribution >= 0.6 is 12.2 Å². The van der Waals surface area contributed by atoms with E-state index in [1.54, 1.807) is 6.07 Å². The highest BCUT2D eigenvalue weighted by Gasteiger charge is 2.03. The lowest BCUT2D eigenvalue weighted by atomic mass is 10.1. The van der Waals surface area contributed by atoms with Crippen molar-refractivity contribution >= 4 is 34.3 Å². The van der Waals surface area contributed by atoms with E-state index in [1.807, 2.05) is 18.2 Å².